The lowest BCUT2D eigenvalue weighted by molar-refractivity contribution is -0.144. The molecule has 3 unspecified atom stereocenters. The topological polar surface area (TPSA) is 240 Å². The Labute approximate surface area is 444 Å². The van der Waals surface area contributed by atoms with Gasteiger partial charge in [0.1, 0.15) is 24.4 Å². The van der Waals surface area contributed by atoms with Gasteiger partial charge in [-0.25, -0.2) is 9.37 Å². The number of nitrogens with one attached hydrogen (secondary N) is 6. The summed E-state index contributed by atoms with van der Waals surface area (Å²) >= 11 is 0. The normalized spacial score (nSPS) is 14.7. The highest BCUT2D eigenvalue weighted by molar-refractivity contribution is 6.13. The maximum Gasteiger partial charge on any atom is 0.257 e. The molecule has 1 aliphatic carbocycles. The summed E-state index contributed by atoms with van der Waals surface area (Å²) in [5.74, 6) is -1.60. The van der Waals surface area contributed by atoms with Crippen molar-refractivity contribution in [1.82, 2.24) is 46.4 Å². The number of hydrogen-bond acceptors (Lipinski definition) is 14. The van der Waals surface area contributed by atoms with Crippen molar-refractivity contribution in [3.05, 3.63) is 159 Å². The van der Waals surface area contributed by atoms with Gasteiger partial charge >= 0.3 is 0 Å². The summed E-state index contributed by atoms with van der Waals surface area (Å²) in [4.78, 5) is 79.0. The van der Waals surface area contributed by atoms with Crippen molar-refractivity contribution >= 4 is 40.8 Å². The number of carbonyl (C=O) groups excluding carboxylic acids is 5. The van der Waals surface area contributed by atoms with E-state index < -0.39 is 11.6 Å². The number of benzene rings is 2. The number of aryl methyl sites for hydroxylation is 1. The molecule has 2 aromatic carbocycles. The first-order chi connectivity index (χ1) is 36.4. The second-order valence-electron chi connectivity index (χ2n) is 18.9. The number of allylic oxidation sites excluding steroid dienone is 1. The Morgan fingerprint density at radius 1 is 1.00 bits per heavy atom. The third-order valence-electron chi connectivity index (χ3n) is 13.4. The number of rotatable bonds is 25. The first-order valence-corrected chi connectivity index (χ1v) is 25.1. The van der Waals surface area contributed by atoms with Crippen LogP contribution in [0, 0.1) is 12.7 Å². The molecule has 7 rings (SSSR count). The summed E-state index contributed by atoms with van der Waals surface area (Å²) in [6.07, 6.45) is 7.30. The quantitative estimate of drug-likeness (QED) is 0.0185. The van der Waals surface area contributed by atoms with Crippen LogP contribution in [0.3, 0.4) is 0 Å². The molecule has 2 aromatic heterocycles. The standard InChI is InChI=1S/C47H58FN7O5.C9H10N2O3.CH5N/c1-10-31(11-2)33-20-40-44-34(24-55(40)45(57)35(33)25-59-9)43-37(18-17-32-28(4)36(48)21-39(53-44)42(32)43)54-46(58)47(6,7)60-26-51-27(3)22-50-29(5)38(52-41(56)23-49-8)19-30-15-13-12-14-16-30;1-7(10-4-5-12)6-11-8(13)2-3-9(11)14;1-2/h10,12-16,20-21,31,37-38,49-51H,1,3,5,11,17-19,22-26H2,2,4,6-9H3,(H,52,56)(H,54,58);2-3,5,10H,1,4,6H2;2H2,1H3. The number of fused-ring (bicyclic) bond motifs is 4. The lowest BCUT2D eigenvalue weighted by Gasteiger charge is -2.33. The number of nitrogens with two attached hydrogens (primary N) is 1. The number of amides is 4. The van der Waals surface area contributed by atoms with Crippen molar-refractivity contribution in [1.29, 1.82) is 0 Å². The average molecular weight is 1050 g/mol. The minimum absolute atomic E-state index is 0.00550. The highest BCUT2D eigenvalue weighted by Gasteiger charge is 2.38. The highest BCUT2D eigenvalue weighted by atomic mass is 19.1. The van der Waals surface area contributed by atoms with Crippen molar-refractivity contribution in [3.8, 4) is 11.4 Å². The van der Waals surface area contributed by atoms with E-state index >= 15 is 4.39 Å². The summed E-state index contributed by atoms with van der Waals surface area (Å²) in [6, 6.07) is 12.5. The Morgan fingerprint density at radius 3 is 2.33 bits per heavy atom. The van der Waals surface area contributed by atoms with Gasteiger partial charge in [-0.05, 0) is 94.4 Å². The van der Waals surface area contributed by atoms with E-state index in [0.29, 0.717) is 77.2 Å². The number of imide groups is 1. The molecule has 3 aliphatic rings. The van der Waals surface area contributed by atoms with Crippen molar-refractivity contribution in [3.63, 3.8) is 0 Å². The van der Waals surface area contributed by atoms with Crippen LogP contribution >= 0.6 is 0 Å². The number of pyridine rings is 2. The minimum Gasteiger partial charge on any atom is -0.382 e. The Kier molecular flexibility index (Phi) is 21.3. The zero-order chi connectivity index (χ0) is 55.9. The second kappa shape index (κ2) is 27.3. The molecule has 76 heavy (non-hydrogen) atoms. The van der Waals surface area contributed by atoms with Crippen molar-refractivity contribution in [2.45, 2.75) is 90.1 Å². The number of carbonyl (C=O) groups is 5. The summed E-state index contributed by atoms with van der Waals surface area (Å²) in [6.45, 7) is 24.2. The Morgan fingerprint density at radius 2 is 1.70 bits per heavy atom. The summed E-state index contributed by atoms with van der Waals surface area (Å²) in [5.41, 5.74) is 12.1. The van der Waals surface area contributed by atoms with Gasteiger partial charge in [-0.2, -0.15) is 0 Å². The van der Waals surface area contributed by atoms with E-state index in [1.165, 1.54) is 25.3 Å². The van der Waals surface area contributed by atoms with Gasteiger partial charge < -0.3 is 56.5 Å². The zero-order valence-electron chi connectivity index (χ0n) is 44.8. The number of likely N-dealkylation sites (N-methyl/N-ethyl adjacent to an activating group) is 1. The van der Waals surface area contributed by atoms with Crippen LogP contribution in [-0.4, -0.2) is 110 Å². The summed E-state index contributed by atoms with van der Waals surface area (Å²) in [5, 5.41) is 19.0. The molecule has 0 spiro atoms. The first kappa shape index (κ1) is 59.3. The van der Waals surface area contributed by atoms with E-state index in [2.05, 4.69) is 64.0 Å². The fraction of sp³-hybridized carbons (Fsp3) is 0.386. The smallest absolute Gasteiger partial charge is 0.257 e. The number of nitrogens with zero attached hydrogens (tertiary/aromatic N) is 3. The predicted octanol–water partition coefficient (Wildman–Crippen LogP) is 4.50. The molecule has 2 aliphatic heterocycles. The zero-order valence-corrected chi connectivity index (χ0v) is 44.8. The molecule has 4 amide bonds. The van der Waals surface area contributed by atoms with Crippen LogP contribution in [0.1, 0.15) is 84.5 Å². The molecule has 0 saturated carbocycles. The number of methoxy groups -OCH3 is 1. The van der Waals surface area contributed by atoms with Crippen LogP contribution in [0.15, 0.2) is 109 Å². The molecule has 406 valence electrons. The van der Waals surface area contributed by atoms with E-state index in [0.717, 1.165) is 44.5 Å². The van der Waals surface area contributed by atoms with Gasteiger partial charge in [0.2, 0.25) is 5.91 Å². The molecule has 3 atom stereocenters. The highest BCUT2D eigenvalue weighted by Crippen LogP contribution is 2.45. The summed E-state index contributed by atoms with van der Waals surface area (Å²) < 4.78 is 28.8. The molecule has 0 bridgehead atoms. The van der Waals surface area contributed by atoms with E-state index in [4.69, 9.17) is 14.5 Å². The lowest BCUT2D eigenvalue weighted by atomic mass is 9.81. The van der Waals surface area contributed by atoms with Crippen molar-refractivity contribution < 1.29 is 37.8 Å². The van der Waals surface area contributed by atoms with Gasteiger partial charge in [0, 0.05) is 64.9 Å². The molecule has 4 heterocycles. The molecule has 0 fully saturated rings. The largest absolute Gasteiger partial charge is 0.382 e. The average Bonchev–Trinajstić information content (AvgIpc) is 3.94. The minimum atomic E-state index is -1.26. The number of halogens is 1. The maximum absolute atomic E-state index is 15.4. The number of aromatic nitrogens is 2. The molecule has 19 heteroatoms. The number of aldehydes is 1. The maximum atomic E-state index is 15.4. The van der Waals surface area contributed by atoms with Crippen molar-refractivity contribution in [2.75, 3.05) is 54.1 Å². The van der Waals surface area contributed by atoms with E-state index in [-0.39, 0.29) is 86.5 Å². The Hall–Kier alpha value is -7.58. The van der Waals surface area contributed by atoms with Crippen LogP contribution in [0.5, 0.6) is 0 Å². The third kappa shape index (κ3) is 14.0. The third-order valence-corrected chi connectivity index (χ3v) is 13.4. The van der Waals surface area contributed by atoms with Crippen LogP contribution in [0.2, 0.25) is 0 Å². The molecular weight excluding hydrogens is 972 g/mol. The second-order valence-corrected chi connectivity index (χ2v) is 18.9. The van der Waals surface area contributed by atoms with Gasteiger partial charge in [-0.3, -0.25) is 28.9 Å². The predicted molar refractivity (Wildman–Crippen MR) is 293 cm³/mol. The Bertz CT molecular complexity index is 2930. The first-order valence-electron chi connectivity index (χ1n) is 25.1. The van der Waals surface area contributed by atoms with Crippen molar-refractivity contribution in [2.24, 2.45) is 5.73 Å². The number of ether oxygens (including phenoxy) is 2. The fourth-order valence-corrected chi connectivity index (χ4v) is 9.30. The number of hydrogen-bond donors (Lipinski definition) is 7. The molecular formula is C57H73FN10O8. The fourth-order valence-electron chi connectivity index (χ4n) is 9.30. The van der Waals surface area contributed by atoms with Crippen LogP contribution in [0.25, 0.3) is 22.3 Å². The molecule has 8 N–H and O–H groups in total. The molecule has 0 saturated heterocycles. The Balaban J connectivity index is 0.000000574. The molecule has 18 nitrogen and oxygen atoms in total. The van der Waals surface area contributed by atoms with E-state index in [1.54, 1.807) is 39.5 Å². The SMILES string of the molecule is C=C(CN1C(=O)C=CC1=O)NCC=O.C=CC(CC)c1cc2n(c(=O)c1COC)Cc1c-2nc2cc(F)c(C)c3c2c1C(NC(=O)C(C)(C)OCNC(=C)CNC(=C)C(Cc1ccccc1)NC(=O)CNC)CC3.CN. The van der Waals surface area contributed by atoms with Gasteiger partial charge in [0.25, 0.3) is 23.3 Å². The summed E-state index contributed by atoms with van der Waals surface area (Å²) in [7, 11) is 4.79. The monoisotopic (exact) mass is 1040 g/mol. The molecule has 4 aromatic rings. The van der Waals surface area contributed by atoms with Gasteiger partial charge in [0.05, 0.1) is 68.3 Å². The molecule has 0 radical (unpaired) electrons. The van der Waals surface area contributed by atoms with Gasteiger partial charge in [-0.1, -0.05) is 63.1 Å². The van der Waals surface area contributed by atoms with Crippen LogP contribution in [-0.2, 0) is 59.4 Å². The lowest BCUT2D eigenvalue weighted by Crippen LogP contribution is -2.48. The van der Waals surface area contributed by atoms with Gasteiger partial charge in [-0.15, -0.1) is 6.58 Å². The van der Waals surface area contributed by atoms with E-state index in [9.17, 15) is 28.8 Å². The van der Waals surface area contributed by atoms with Gasteiger partial charge in [0.15, 0.2) is 0 Å². The van der Waals surface area contributed by atoms with E-state index in [1.807, 2.05) is 49.4 Å². The van der Waals surface area contributed by atoms with Crippen LogP contribution < -0.4 is 43.2 Å². The van der Waals surface area contributed by atoms with Crippen LogP contribution in [0.4, 0.5) is 4.39 Å².